The van der Waals surface area contributed by atoms with E-state index in [1.165, 1.54) is 0 Å². The molecule has 6 nitrogen and oxygen atoms in total. The average Bonchev–Trinajstić information content (AvgIpc) is 2.73. The maximum Gasteiger partial charge on any atom is 0.318 e. The van der Waals surface area contributed by atoms with E-state index in [4.69, 9.17) is 0 Å². The molecule has 0 saturated carbocycles. The van der Waals surface area contributed by atoms with E-state index in [9.17, 15) is 9.59 Å². The first-order chi connectivity index (χ1) is 14.3. The van der Waals surface area contributed by atoms with Gasteiger partial charge in [-0.15, -0.1) is 0 Å². The Balaban J connectivity index is 1.81. The highest BCUT2D eigenvalue weighted by molar-refractivity contribution is 5.83. The van der Waals surface area contributed by atoms with Crippen molar-refractivity contribution in [3.63, 3.8) is 0 Å². The first kappa shape index (κ1) is 21.6. The van der Waals surface area contributed by atoms with Crippen molar-refractivity contribution in [3.05, 3.63) is 81.1 Å². The number of aromatic nitrogens is 1. The fourth-order valence-electron chi connectivity index (χ4n) is 3.35. The van der Waals surface area contributed by atoms with Crippen LogP contribution in [0.4, 0.5) is 4.79 Å². The van der Waals surface area contributed by atoms with Crippen LogP contribution >= 0.6 is 0 Å². The van der Waals surface area contributed by atoms with Gasteiger partial charge in [0.05, 0.1) is 12.1 Å². The number of pyridine rings is 1. The van der Waals surface area contributed by atoms with Crippen LogP contribution in [0.2, 0.25) is 0 Å². The molecule has 3 rings (SSSR count). The number of nitrogens with one attached hydrogen (secondary N) is 2. The maximum atomic E-state index is 12.9. The smallest absolute Gasteiger partial charge is 0.318 e. The molecule has 158 valence electrons. The first-order valence-corrected chi connectivity index (χ1v) is 10.2. The number of hydrogen-bond donors (Lipinski definition) is 2. The molecule has 0 fully saturated rings. The van der Waals surface area contributed by atoms with Gasteiger partial charge in [0.25, 0.3) is 5.56 Å². The summed E-state index contributed by atoms with van der Waals surface area (Å²) in [6.07, 6.45) is 0. The van der Waals surface area contributed by atoms with Crippen molar-refractivity contribution >= 4 is 16.9 Å². The minimum atomic E-state index is -0.180. The second-order valence-electron chi connectivity index (χ2n) is 7.96. The van der Waals surface area contributed by atoms with Crippen molar-refractivity contribution < 1.29 is 4.79 Å². The number of benzene rings is 2. The third-order valence-electron chi connectivity index (χ3n) is 5.38. The van der Waals surface area contributed by atoms with Gasteiger partial charge in [-0.25, -0.2) is 4.79 Å². The summed E-state index contributed by atoms with van der Waals surface area (Å²) in [5.74, 6) is 0. The highest BCUT2D eigenvalue weighted by Gasteiger charge is 2.16. The molecule has 2 N–H and O–H groups in total. The molecule has 0 saturated heterocycles. The summed E-state index contributed by atoms with van der Waals surface area (Å²) >= 11 is 0. The number of carbonyl (C=O) groups is 1. The number of rotatable bonds is 7. The number of urea groups is 1. The molecule has 30 heavy (non-hydrogen) atoms. The van der Waals surface area contributed by atoms with E-state index < -0.39 is 0 Å². The monoisotopic (exact) mass is 406 g/mol. The number of carbonyl (C=O) groups excluding carboxylic acids is 1. The van der Waals surface area contributed by atoms with Crippen LogP contribution in [-0.4, -0.2) is 48.0 Å². The third-order valence-corrected chi connectivity index (χ3v) is 5.38. The van der Waals surface area contributed by atoms with Gasteiger partial charge >= 0.3 is 6.03 Å². The summed E-state index contributed by atoms with van der Waals surface area (Å²) in [6.45, 7) is 5.98. The van der Waals surface area contributed by atoms with E-state index >= 15 is 0 Å². The summed E-state index contributed by atoms with van der Waals surface area (Å²) in [5.41, 5.74) is 4.53. The Bertz CT molecular complexity index is 1070. The number of amides is 2. The molecule has 1 heterocycles. The number of hydrogen-bond acceptors (Lipinski definition) is 3. The van der Waals surface area contributed by atoms with Crippen LogP contribution in [0.15, 0.2) is 53.3 Å². The predicted molar refractivity (Wildman–Crippen MR) is 122 cm³/mol. The highest BCUT2D eigenvalue weighted by atomic mass is 16.2. The Labute approximate surface area is 177 Å². The van der Waals surface area contributed by atoms with E-state index in [2.05, 4.69) is 16.4 Å². The molecule has 2 aromatic carbocycles. The predicted octanol–water partition coefficient (Wildman–Crippen LogP) is 3.42. The number of nitrogens with zero attached hydrogens (tertiary/aromatic N) is 2. The van der Waals surface area contributed by atoms with Gasteiger partial charge in [-0.05, 0) is 56.1 Å². The Kier molecular flexibility index (Phi) is 6.90. The zero-order valence-corrected chi connectivity index (χ0v) is 18.2. The lowest BCUT2D eigenvalue weighted by atomic mass is 10.0. The van der Waals surface area contributed by atoms with Crippen molar-refractivity contribution in [2.24, 2.45) is 0 Å². The fraction of sp³-hybridized carbons (Fsp3) is 0.333. The van der Waals surface area contributed by atoms with Gasteiger partial charge in [-0.3, -0.25) is 4.79 Å². The van der Waals surface area contributed by atoms with Gasteiger partial charge in [0.2, 0.25) is 0 Å². The third kappa shape index (κ3) is 5.27. The van der Waals surface area contributed by atoms with Gasteiger partial charge in [0.15, 0.2) is 0 Å². The molecule has 0 aliphatic rings. The molecule has 0 atom stereocenters. The van der Waals surface area contributed by atoms with E-state index in [1.54, 1.807) is 4.90 Å². The van der Waals surface area contributed by atoms with Crippen molar-refractivity contribution in [2.45, 2.75) is 26.9 Å². The van der Waals surface area contributed by atoms with Gasteiger partial charge in [0, 0.05) is 25.2 Å². The average molecular weight is 407 g/mol. The topological polar surface area (TPSA) is 68.4 Å². The first-order valence-electron chi connectivity index (χ1n) is 10.2. The summed E-state index contributed by atoms with van der Waals surface area (Å²) in [7, 11) is 3.93. The quantitative estimate of drug-likeness (QED) is 0.632. The van der Waals surface area contributed by atoms with Crippen LogP contribution in [0.1, 0.15) is 22.3 Å². The molecule has 0 aliphatic carbocycles. The van der Waals surface area contributed by atoms with E-state index in [0.717, 1.165) is 27.6 Å². The van der Waals surface area contributed by atoms with Crippen molar-refractivity contribution in [3.8, 4) is 0 Å². The molecule has 0 spiro atoms. The molecule has 0 unspecified atom stereocenters. The van der Waals surface area contributed by atoms with E-state index in [1.807, 2.05) is 75.3 Å². The van der Waals surface area contributed by atoms with Crippen LogP contribution < -0.4 is 10.9 Å². The van der Waals surface area contributed by atoms with E-state index in [-0.39, 0.29) is 18.1 Å². The second kappa shape index (κ2) is 9.59. The van der Waals surface area contributed by atoms with Gasteiger partial charge < -0.3 is 20.1 Å². The summed E-state index contributed by atoms with van der Waals surface area (Å²) in [5, 5.41) is 3.95. The number of aryl methyl sites for hydroxylation is 2. The minimum Gasteiger partial charge on any atom is -0.334 e. The van der Waals surface area contributed by atoms with Crippen molar-refractivity contribution in [1.29, 1.82) is 0 Å². The zero-order chi connectivity index (χ0) is 21.7. The van der Waals surface area contributed by atoms with Crippen LogP contribution in [0.3, 0.4) is 0 Å². The number of H-pyrrole nitrogens is 1. The largest absolute Gasteiger partial charge is 0.334 e. The van der Waals surface area contributed by atoms with Crippen LogP contribution in [0.5, 0.6) is 0 Å². The second-order valence-corrected chi connectivity index (χ2v) is 7.96. The van der Waals surface area contributed by atoms with Crippen molar-refractivity contribution in [1.82, 2.24) is 20.1 Å². The number of likely N-dealkylation sites (N-methyl/N-ethyl adjacent to an activating group) is 1. The molecule has 0 aliphatic heterocycles. The molecule has 0 radical (unpaired) electrons. The van der Waals surface area contributed by atoms with Crippen LogP contribution in [0, 0.1) is 13.8 Å². The number of fused-ring (bicyclic) bond motifs is 1. The summed E-state index contributed by atoms with van der Waals surface area (Å²) < 4.78 is 0. The van der Waals surface area contributed by atoms with Gasteiger partial charge in [-0.1, -0.05) is 42.5 Å². The lowest BCUT2D eigenvalue weighted by molar-refractivity contribution is 0.188. The standard InChI is InChI=1S/C24H30N4O2/c1-17-10-11-20-14-21(23(29)26-22(20)18(17)2)16-28(13-12-27(3)4)24(30)25-15-19-8-6-5-7-9-19/h5-11,14H,12-13,15-16H2,1-4H3,(H,25,30)(H,26,29). The molecular weight excluding hydrogens is 376 g/mol. The molecule has 6 heteroatoms. The molecule has 3 aromatic rings. The summed E-state index contributed by atoms with van der Waals surface area (Å²) in [6, 6.07) is 15.6. The Morgan fingerprint density at radius 3 is 2.47 bits per heavy atom. The highest BCUT2D eigenvalue weighted by Crippen LogP contribution is 2.19. The lowest BCUT2D eigenvalue weighted by Gasteiger charge is -2.25. The Hall–Kier alpha value is -3.12. The lowest BCUT2D eigenvalue weighted by Crippen LogP contribution is -2.43. The fourth-order valence-corrected chi connectivity index (χ4v) is 3.35. The Morgan fingerprint density at radius 1 is 1.03 bits per heavy atom. The van der Waals surface area contributed by atoms with Gasteiger partial charge in [-0.2, -0.15) is 0 Å². The maximum absolute atomic E-state index is 12.9. The summed E-state index contributed by atoms with van der Waals surface area (Å²) in [4.78, 5) is 32.4. The normalized spacial score (nSPS) is 11.1. The van der Waals surface area contributed by atoms with Crippen LogP contribution in [-0.2, 0) is 13.1 Å². The molecule has 0 bridgehead atoms. The zero-order valence-electron chi connectivity index (χ0n) is 18.2. The van der Waals surface area contributed by atoms with Gasteiger partial charge in [0.1, 0.15) is 0 Å². The molecule has 2 amide bonds. The van der Waals surface area contributed by atoms with Crippen LogP contribution in [0.25, 0.3) is 10.9 Å². The Morgan fingerprint density at radius 2 is 1.77 bits per heavy atom. The number of aromatic amines is 1. The molecule has 1 aromatic heterocycles. The molecular formula is C24H30N4O2. The SMILES string of the molecule is Cc1ccc2cc(CN(CCN(C)C)C(=O)NCc3ccccc3)c(=O)[nH]c2c1C. The minimum absolute atomic E-state index is 0.151. The van der Waals surface area contributed by atoms with Crippen molar-refractivity contribution in [2.75, 3.05) is 27.2 Å². The van der Waals surface area contributed by atoms with E-state index in [0.29, 0.717) is 25.2 Å².